The van der Waals surface area contributed by atoms with Crippen LogP contribution in [0.3, 0.4) is 0 Å². The van der Waals surface area contributed by atoms with Crippen molar-refractivity contribution in [3.05, 3.63) is 47.3 Å². The number of hydrogen-bond donors (Lipinski definition) is 2. The fourth-order valence-electron chi connectivity index (χ4n) is 2.77. The lowest BCUT2D eigenvalue weighted by Crippen LogP contribution is -2.31. The average molecular weight is 270 g/mol. The molecule has 1 aromatic heterocycles. The summed E-state index contributed by atoms with van der Waals surface area (Å²) in [5, 5.41) is 6.82. The maximum atomic E-state index is 12.6. The second-order valence-electron chi connectivity index (χ2n) is 5.18. The van der Waals surface area contributed by atoms with Crippen LogP contribution in [0.1, 0.15) is 40.6 Å². The van der Waals surface area contributed by atoms with Crippen LogP contribution in [0, 0.1) is 6.92 Å². The van der Waals surface area contributed by atoms with Crippen molar-refractivity contribution in [1.29, 1.82) is 0 Å². The molecule has 1 amide bonds. The van der Waals surface area contributed by atoms with Gasteiger partial charge >= 0.3 is 0 Å². The first kappa shape index (κ1) is 12.7. The number of aromatic amines is 1. The van der Waals surface area contributed by atoms with Gasteiger partial charge in [0.1, 0.15) is 0 Å². The largest absolute Gasteiger partial charge is 0.395 e. The number of nitrogen functional groups attached to an aromatic ring is 1. The van der Waals surface area contributed by atoms with Crippen LogP contribution in [-0.2, 0) is 0 Å². The van der Waals surface area contributed by atoms with E-state index in [2.05, 4.69) is 22.3 Å². The molecule has 0 spiro atoms. The van der Waals surface area contributed by atoms with Crippen LogP contribution >= 0.6 is 0 Å². The zero-order valence-corrected chi connectivity index (χ0v) is 11.5. The molecule has 0 aliphatic carbocycles. The lowest BCUT2D eigenvalue weighted by atomic mass is 10.0. The van der Waals surface area contributed by atoms with Gasteiger partial charge in [-0.25, -0.2) is 0 Å². The summed E-state index contributed by atoms with van der Waals surface area (Å²) in [6, 6.07) is 10.2. The number of amides is 1. The average Bonchev–Trinajstić information content (AvgIpc) is 3.08. The summed E-state index contributed by atoms with van der Waals surface area (Å²) in [5.41, 5.74) is 8.61. The topological polar surface area (TPSA) is 75.0 Å². The molecular weight excluding hydrogens is 252 g/mol. The van der Waals surface area contributed by atoms with Gasteiger partial charge in [0.05, 0.1) is 17.4 Å². The Kier molecular flexibility index (Phi) is 3.18. The number of nitrogens with two attached hydrogens (primary N) is 1. The predicted octanol–water partition coefficient (Wildman–Crippen LogP) is 2.28. The molecule has 104 valence electrons. The summed E-state index contributed by atoms with van der Waals surface area (Å²) in [4.78, 5) is 14.5. The molecule has 3 rings (SSSR count). The monoisotopic (exact) mass is 270 g/mol. The normalized spacial score (nSPS) is 18.4. The zero-order valence-electron chi connectivity index (χ0n) is 11.5. The lowest BCUT2D eigenvalue weighted by Gasteiger charge is -2.24. The Labute approximate surface area is 117 Å². The molecule has 1 fully saturated rings. The third-order valence-corrected chi connectivity index (χ3v) is 3.90. The third kappa shape index (κ3) is 2.05. The van der Waals surface area contributed by atoms with Crippen molar-refractivity contribution in [2.75, 3.05) is 12.3 Å². The highest BCUT2D eigenvalue weighted by Gasteiger charge is 2.32. The van der Waals surface area contributed by atoms with Gasteiger partial charge in [0.15, 0.2) is 5.69 Å². The number of hydrogen-bond acceptors (Lipinski definition) is 3. The summed E-state index contributed by atoms with van der Waals surface area (Å²) in [6.45, 7) is 2.57. The van der Waals surface area contributed by atoms with Gasteiger partial charge in [-0.1, -0.05) is 30.3 Å². The lowest BCUT2D eigenvalue weighted by molar-refractivity contribution is 0.0730. The molecule has 0 saturated carbocycles. The van der Waals surface area contributed by atoms with Gasteiger partial charge in [-0.15, -0.1) is 0 Å². The van der Waals surface area contributed by atoms with Gasteiger partial charge in [-0.2, -0.15) is 5.10 Å². The van der Waals surface area contributed by atoms with Gasteiger partial charge in [0, 0.05) is 6.54 Å². The number of likely N-dealkylation sites (tertiary alicyclic amines) is 1. The van der Waals surface area contributed by atoms with E-state index in [0.29, 0.717) is 11.4 Å². The van der Waals surface area contributed by atoms with E-state index in [4.69, 9.17) is 5.73 Å². The Balaban J connectivity index is 1.89. The van der Waals surface area contributed by atoms with E-state index >= 15 is 0 Å². The number of carbonyl (C=O) groups excluding carboxylic acids is 1. The van der Waals surface area contributed by atoms with Gasteiger partial charge in [-0.3, -0.25) is 9.89 Å². The molecule has 5 nitrogen and oxygen atoms in total. The smallest absolute Gasteiger partial charge is 0.277 e. The minimum Gasteiger partial charge on any atom is -0.395 e. The molecule has 1 saturated heterocycles. The number of aryl methyl sites for hydroxylation is 1. The number of rotatable bonds is 2. The molecule has 1 aromatic carbocycles. The highest BCUT2D eigenvalue weighted by Crippen LogP contribution is 2.33. The number of nitrogens with one attached hydrogen (secondary N) is 1. The summed E-state index contributed by atoms with van der Waals surface area (Å²) in [7, 11) is 0. The molecule has 2 aromatic rings. The van der Waals surface area contributed by atoms with Crippen LogP contribution in [0.2, 0.25) is 0 Å². The van der Waals surface area contributed by atoms with Gasteiger partial charge < -0.3 is 10.6 Å². The Morgan fingerprint density at radius 1 is 1.40 bits per heavy atom. The molecular formula is C15H18N4O. The molecule has 0 bridgehead atoms. The van der Waals surface area contributed by atoms with Gasteiger partial charge in [0.25, 0.3) is 5.91 Å². The van der Waals surface area contributed by atoms with Crippen molar-refractivity contribution in [1.82, 2.24) is 15.1 Å². The second kappa shape index (κ2) is 5.00. The molecule has 1 unspecified atom stereocenters. The molecule has 3 N–H and O–H groups in total. The maximum Gasteiger partial charge on any atom is 0.277 e. The van der Waals surface area contributed by atoms with E-state index < -0.39 is 0 Å². The van der Waals surface area contributed by atoms with Crippen molar-refractivity contribution < 1.29 is 4.79 Å². The number of nitrogens with zero attached hydrogens (tertiary/aromatic N) is 2. The zero-order chi connectivity index (χ0) is 14.1. The predicted molar refractivity (Wildman–Crippen MR) is 77.2 cm³/mol. The van der Waals surface area contributed by atoms with Crippen LogP contribution in [-0.4, -0.2) is 27.5 Å². The Morgan fingerprint density at radius 3 is 2.80 bits per heavy atom. The van der Waals surface area contributed by atoms with Gasteiger partial charge in [-0.05, 0) is 25.3 Å². The van der Waals surface area contributed by atoms with Crippen LogP contribution in [0.4, 0.5) is 5.69 Å². The first-order chi connectivity index (χ1) is 9.68. The maximum absolute atomic E-state index is 12.6. The molecule has 1 aliphatic rings. The van der Waals surface area contributed by atoms with Crippen molar-refractivity contribution in [2.45, 2.75) is 25.8 Å². The van der Waals surface area contributed by atoms with E-state index in [1.165, 1.54) is 5.56 Å². The van der Waals surface area contributed by atoms with Crippen LogP contribution in [0.25, 0.3) is 0 Å². The fourth-order valence-corrected chi connectivity index (χ4v) is 2.77. The summed E-state index contributed by atoms with van der Waals surface area (Å²) >= 11 is 0. The second-order valence-corrected chi connectivity index (χ2v) is 5.18. The molecule has 5 heteroatoms. The summed E-state index contributed by atoms with van der Waals surface area (Å²) in [6.07, 6.45) is 1.99. The molecule has 2 heterocycles. The quantitative estimate of drug-likeness (QED) is 0.879. The van der Waals surface area contributed by atoms with Crippen LogP contribution in [0.15, 0.2) is 30.3 Å². The Bertz CT molecular complexity index is 620. The molecule has 20 heavy (non-hydrogen) atoms. The Hall–Kier alpha value is -2.30. The highest BCUT2D eigenvalue weighted by molar-refractivity contribution is 5.98. The number of benzene rings is 1. The van der Waals surface area contributed by atoms with Crippen LogP contribution in [0.5, 0.6) is 0 Å². The first-order valence-electron chi connectivity index (χ1n) is 6.85. The standard InChI is InChI=1S/C15H18N4O/c1-10-13(16)14(18-17-10)15(20)19-9-5-8-12(19)11-6-3-2-4-7-11/h2-4,6-7,12H,5,8-9,16H2,1H3,(H,17,18). The van der Waals surface area contributed by atoms with E-state index in [0.717, 1.165) is 25.1 Å². The SMILES string of the molecule is Cc1[nH]nc(C(=O)N2CCCC2c2ccccc2)c1N. The molecule has 0 radical (unpaired) electrons. The Morgan fingerprint density at radius 2 is 2.15 bits per heavy atom. The molecule has 1 atom stereocenters. The van der Waals surface area contributed by atoms with E-state index in [9.17, 15) is 4.79 Å². The number of carbonyl (C=O) groups is 1. The highest BCUT2D eigenvalue weighted by atomic mass is 16.2. The summed E-state index contributed by atoms with van der Waals surface area (Å²) < 4.78 is 0. The third-order valence-electron chi connectivity index (χ3n) is 3.90. The van der Waals surface area contributed by atoms with Crippen molar-refractivity contribution >= 4 is 11.6 Å². The summed E-state index contributed by atoms with van der Waals surface area (Å²) in [5.74, 6) is -0.0850. The number of aromatic nitrogens is 2. The van der Waals surface area contributed by atoms with E-state index in [1.54, 1.807) is 0 Å². The minimum absolute atomic E-state index is 0.0850. The molecule has 1 aliphatic heterocycles. The van der Waals surface area contributed by atoms with Crippen molar-refractivity contribution in [3.63, 3.8) is 0 Å². The fraction of sp³-hybridized carbons (Fsp3) is 0.333. The number of anilines is 1. The van der Waals surface area contributed by atoms with Crippen molar-refractivity contribution in [3.8, 4) is 0 Å². The minimum atomic E-state index is -0.0850. The first-order valence-corrected chi connectivity index (χ1v) is 6.85. The number of H-pyrrole nitrogens is 1. The van der Waals surface area contributed by atoms with Crippen LogP contribution < -0.4 is 5.73 Å². The van der Waals surface area contributed by atoms with E-state index in [-0.39, 0.29) is 11.9 Å². The van der Waals surface area contributed by atoms with Crippen molar-refractivity contribution in [2.24, 2.45) is 0 Å². The van der Waals surface area contributed by atoms with E-state index in [1.807, 2.05) is 30.0 Å². The van der Waals surface area contributed by atoms with Gasteiger partial charge in [0.2, 0.25) is 0 Å².